The highest BCUT2D eigenvalue weighted by atomic mass is 16.6. The minimum Gasteiger partial charge on any atom is -0.363 e. The molecule has 0 bridgehead atoms. The van der Waals surface area contributed by atoms with E-state index in [9.17, 15) is 0 Å². The van der Waals surface area contributed by atoms with Crippen molar-refractivity contribution in [2.24, 2.45) is 0 Å². The fraction of sp³-hybridized carbons (Fsp3) is 0.278. The summed E-state index contributed by atoms with van der Waals surface area (Å²) >= 11 is 0. The van der Waals surface area contributed by atoms with Gasteiger partial charge < -0.3 is 10.2 Å². The van der Waals surface area contributed by atoms with E-state index in [1.54, 1.807) is 6.20 Å². The highest BCUT2D eigenvalue weighted by Crippen LogP contribution is 2.24. The molecule has 0 unspecified atom stereocenters. The number of nitrogens with zero attached hydrogens (tertiary/aromatic N) is 7. The molecule has 1 aromatic carbocycles. The average Bonchev–Trinajstić information content (AvgIpc) is 3.39. The van der Waals surface area contributed by atoms with Crippen LogP contribution in [0.2, 0.25) is 0 Å². The van der Waals surface area contributed by atoms with Crippen LogP contribution < -0.4 is 10.2 Å². The third-order valence-corrected chi connectivity index (χ3v) is 4.24. The molecule has 138 valence electrons. The van der Waals surface area contributed by atoms with Crippen molar-refractivity contribution >= 4 is 22.9 Å². The fourth-order valence-electron chi connectivity index (χ4n) is 2.82. The van der Waals surface area contributed by atoms with Gasteiger partial charge in [0, 0.05) is 32.0 Å². The van der Waals surface area contributed by atoms with Crippen molar-refractivity contribution in [3.63, 3.8) is 0 Å². The second-order valence-corrected chi connectivity index (χ2v) is 6.00. The summed E-state index contributed by atoms with van der Waals surface area (Å²) in [7, 11) is 0. The van der Waals surface area contributed by atoms with Crippen LogP contribution in [0.25, 0.3) is 11.3 Å². The molecule has 3 aromatic heterocycles. The lowest BCUT2D eigenvalue weighted by Crippen LogP contribution is -2.29. The molecular weight excluding hydrogens is 344 g/mol. The Balaban J connectivity index is 1.60. The normalized spacial score (nSPS) is 11.0. The molecular formula is C18H20N8O. The molecule has 4 aromatic rings. The molecule has 0 radical (unpaired) electrons. The number of hydrogen-bond donors (Lipinski definition) is 1. The predicted octanol–water partition coefficient (Wildman–Crippen LogP) is 2.35. The molecule has 1 N–H and O–H groups in total. The molecule has 0 fully saturated rings. The summed E-state index contributed by atoms with van der Waals surface area (Å²) < 4.78 is 6.68. The molecule has 0 aliphatic carbocycles. The zero-order valence-corrected chi connectivity index (χ0v) is 15.0. The van der Waals surface area contributed by atoms with Crippen molar-refractivity contribution in [2.45, 2.75) is 20.0 Å². The Morgan fingerprint density at radius 2 is 1.89 bits per heavy atom. The lowest BCUT2D eigenvalue weighted by Gasteiger charge is -2.23. The summed E-state index contributed by atoms with van der Waals surface area (Å²) in [6, 6.07) is 12.1. The number of benzene rings is 1. The molecule has 9 heteroatoms. The Kier molecular flexibility index (Phi) is 4.91. The highest BCUT2D eigenvalue weighted by Gasteiger charge is 2.17. The van der Waals surface area contributed by atoms with Gasteiger partial charge in [0.05, 0.1) is 6.54 Å². The molecule has 0 aliphatic heterocycles. The Labute approximate surface area is 156 Å². The van der Waals surface area contributed by atoms with Crippen molar-refractivity contribution in [3.05, 3.63) is 54.4 Å². The Bertz CT molecular complexity index is 983. The van der Waals surface area contributed by atoms with Crippen LogP contribution in [0.4, 0.5) is 11.6 Å². The van der Waals surface area contributed by atoms with Gasteiger partial charge in [-0.3, -0.25) is 4.68 Å². The van der Waals surface area contributed by atoms with Gasteiger partial charge in [-0.15, -0.1) is 0 Å². The van der Waals surface area contributed by atoms with Crippen molar-refractivity contribution in [1.82, 2.24) is 30.1 Å². The first-order valence-corrected chi connectivity index (χ1v) is 8.84. The van der Waals surface area contributed by atoms with Crippen LogP contribution in [-0.2, 0) is 13.1 Å². The monoisotopic (exact) mass is 364 g/mol. The quantitative estimate of drug-likeness (QED) is 0.509. The first kappa shape index (κ1) is 17.0. The van der Waals surface area contributed by atoms with Crippen LogP contribution in [0, 0.1) is 0 Å². The standard InChI is InChI=1S/C18H20N8O/c1-2-25(11-12-26-10-6-9-20-26)18-17(19-13-14-7-4-3-5-8-14)21-15-16(22-18)24-27-23-15/h3-10H,2,11-13H2,1H3,(H,19,21,23). The zero-order valence-electron chi connectivity index (χ0n) is 15.0. The second-order valence-electron chi connectivity index (χ2n) is 6.00. The molecule has 4 rings (SSSR count). The highest BCUT2D eigenvalue weighted by molar-refractivity contribution is 5.74. The summed E-state index contributed by atoms with van der Waals surface area (Å²) in [6.45, 7) is 4.97. The lowest BCUT2D eigenvalue weighted by atomic mass is 10.2. The van der Waals surface area contributed by atoms with E-state index in [1.165, 1.54) is 0 Å². The van der Waals surface area contributed by atoms with Crippen molar-refractivity contribution in [3.8, 4) is 0 Å². The van der Waals surface area contributed by atoms with Gasteiger partial charge in [0.15, 0.2) is 11.6 Å². The average molecular weight is 364 g/mol. The summed E-state index contributed by atoms with van der Waals surface area (Å²) in [5.74, 6) is 1.38. The van der Waals surface area contributed by atoms with E-state index in [-0.39, 0.29) is 0 Å². The maximum absolute atomic E-state index is 4.78. The lowest BCUT2D eigenvalue weighted by molar-refractivity contribution is 0.314. The number of fused-ring (bicyclic) bond motifs is 1. The van der Waals surface area contributed by atoms with E-state index < -0.39 is 0 Å². The topological polar surface area (TPSA) is 97.8 Å². The fourth-order valence-corrected chi connectivity index (χ4v) is 2.82. The Hall–Kier alpha value is -3.49. The molecule has 9 nitrogen and oxygen atoms in total. The van der Waals surface area contributed by atoms with Gasteiger partial charge in [0.25, 0.3) is 0 Å². The molecule has 0 atom stereocenters. The van der Waals surface area contributed by atoms with Gasteiger partial charge in [0.2, 0.25) is 11.3 Å². The molecule has 0 saturated carbocycles. The molecule has 0 spiro atoms. The van der Waals surface area contributed by atoms with Gasteiger partial charge in [-0.25, -0.2) is 14.6 Å². The maximum Gasteiger partial charge on any atom is 0.245 e. The Morgan fingerprint density at radius 3 is 2.63 bits per heavy atom. The maximum atomic E-state index is 4.78. The predicted molar refractivity (Wildman–Crippen MR) is 101 cm³/mol. The van der Waals surface area contributed by atoms with Crippen molar-refractivity contribution < 1.29 is 4.63 Å². The molecule has 0 saturated heterocycles. The van der Waals surface area contributed by atoms with E-state index in [0.717, 1.165) is 31.0 Å². The van der Waals surface area contributed by atoms with Crippen LogP contribution >= 0.6 is 0 Å². The smallest absolute Gasteiger partial charge is 0.245 e. The van der Waals surface area contributed by atoms with Gasteiger partial charge in [-0.05, 0) is 28.9 Å². The third kappa shape index (κ3) is 3.86. The third-order valence-electron chi connectivity index (χ3n) is 4.24. The molecule has 0 amide bonds. The minimum atomic E-state index is 0.387. The summed E-state index contributed by atoms with van der Waals surface area (Å²) in [6.07, 6.45) is 3.72. The van der Waals surface area contributed by atoms with Crippen LogP contribution in [0.3, 0.4) is 0 Å². The van der Waals surface area contributed by atoms with E-state index >= 15 is 0 Å². The number of anilines is 2. The van der Waals surface area contributed by atoms with Gasteiger partial charge >= 0.3 is 0 Å². The largest absolute Gasteiger partial charge is 0.363 e. The van der Waals surface area contributed by atoms with Gasteiger partial charge in [-0.2, -0.15) is 5.10 Å². The van der Waals surface area contributed by atoms with E-state index in [2.05, 4.69) is 54.7 Å². The summed E-state index contributed by atoms with van der Waals surface area (Å²) in [5.41, 5.74) is 1.94. The minimum absolute atomic E-state index is 0.387. The van der Waals surface area contributed by atoms with E-state index in [1.807, 2.05) is 35.1 Å². The first-order valence-electron chi connectivity index (χ1n) is 8.84. The SMILES string of the molecule is CCN(CCn1cccn1)c1nc2nonc2nc1NCc1ccccc1. The van der Waals surface area contributed by atoms with E-state index in [4.69, 9.17) is 4.63 Å². The summed E-state index contributed by atoms with van der Waals surface area (Å²) in [5, 5.41) is 15.3. The second kappa shape index (κ2) is 7.81. The number of likely N-dealkylation sites (N-methyl/N-ethyl adjacent to an activating group) is 1. The number of hydrogen-bond acceptors (Lipinski definition) is 8. The van der Waals surface area contributed by atoms with Crippen molar-refractivity contribution in [2.75, 3.05) is 23.3 Å². The molecule has 0 aliphatic rings. The van der Waals surface area contributed by atoms with Crippen LogP contribution in [0.5, 0.6) is 0 Å². The number of rotatable bonds is 8. The molecule has 3 heterocycles. The number of nitrogens with one attached hydrogen (secondary N) is 1. The first-order chi connectivity index (χ1) is 13.3. The number of aromatic nitrogens is 6. The van der Waals surface area contributed by atoms with Crippen LogP contribution in [0.15, 0.2) is 53.4 Å². The van der Waals surface area contributed by atoms with Crippen LogP contribution in [0.1, 0.15) is 12.5 Å². The van der Waals surface area contributed by atoms with Gasteiger partial charge in [-0.1, -0.05) is 30.3 Å². The Morgan fingerprint density at radius 1 is 1.07 bits per heavy atom. The zero-order chi connectivity index (χ0) is 18.5. The van der Waals surface area contributed by atoms with Gasteiger partial charge in [0.1, 0.15) is 0 Å². The van der Waals surface area contributed by atoms with Crippen LogP contribution in [-0.4, -0.2) is 43.2 Å². The summed E-state index contributed by atoms with van der Waals surface area (Å²) in [4.78, 5) is 11.3. The van der Waals surface area contributed by atoms with E-state index in [0.29, 0.717) is 23.7 Å². The van der Waals surface area contributed by atoms with Crippen molar-refractivity contribution in [1.29, 1.82) is 0 Å². The molecule has 27 heavy (non-hydrogen) atoms.